The van der Waals surface area contributed by atoms with Gasteiger partial charge in [0.05, 0.1) is 12.8 Å². The Labute approximate surface area is 108 Å². The molecule has 0 aliphatic carbocycles. The number of hydrogen-bond donors (Lipinski definition) is 3. The molecule has 0 aliphatic heterocycles. The van der Waals surface area contributed by atoms with Crippen LogP contribution in [0.3, 0.4) is 0 Å². The lowest BCUT2D eigenvalue weighted by Gasteiger charge is -2.22. The molecule has 0 aliphatic rings. The maximum Gasteiger partial charge on any atom is 0.329 e. The van der Waals surface area contributed by atoms with Gasteiger partial charge in [-0.05, 0) is 19.1 Å². The van der Waals surface area contributed by atoms with Crippen molar-refractivity contribution in [3.63, 3.8) is 0 Å². The molecule has 19 heavy (non-hydrogen) atoms. The summed E-state index contributed by atoms with van der Waals surface area (Å²) in [6.45, 7) is 1.67. The van der Waals surface area contributed by atoms with E-state index in [0.29, 0.717) is 11.6 Å². The van der Waals surface area contributed by atoms with E-state index in [1.165, 1.54) is 23.9 Å². The Bertz CT molecular complexity index is 667. The SMILES string of the molecule is Cn1c(NCC(C)(O)c2ccco2)cc(=O)[nH]c1=O. The van der Waals surface area contributed by atoms with Gasteiger partial charge in [-0.1, -0.05) is 0 Å². The van der Waals surface area contributed by atoms with Crippen LogP contribution in [0.5, 0.6) is 0 Å². The van der Waals surface area contributed by atoms with Crippen molar-refractivity contribution in [3.8, 4) is 0 Å². The molecular formula is C12H15N3O4. The second-order valence-electron chi connectivity index (χ2n) is 4.49. The molecule has 2 heterocycles. The third-order valence-electron chi connectivity index (χ3n) is 2.83. The Hall–Kier alpha value is -2.28. The van der Waals surface area contributed by atoms with Crippen LogP contribution >= 0.6 is 0 Å². The second kappa shape index (κ2) is 4.77. The number of nitrogens with zero attached hydrogens (tertiary/aromatic N) is 1. The summed E-state index contributed by atoms with van der Waals surface area (Å²) >= 11 is 0. The first-order chi connectivity index (χ1) is 8.90. The van der Waals surface area contributed by atoms with Crippen molar-refractivity contribution in [1.29, 1.82) is 0 Å². The highest BCUT2D eigenvalue weighted by atomic mass is 16.4. The minimum atomic E-state index is -1.25. The van der Waals surface area contributed by atoms with Crippen LogP contribution in [0.1, 0.15) is 12.7 Å². The van der Waals surface area contributed by atoms with Crippen molar-refractivity contribution < 1.29 is 9.52 Å². The highest BCUT2D eigenvalue weighted by Crippen LogP contribution is 2.21. The zero-order valence-corrected chi connectivity index (χ0v) is 10.6. The molecule has 2 aromatic rings. The van der Waals surface area contributed by atoms with E-state index in [0.717, 1.165) is 0 Å². The highest BCUT2D eigenvalue weighted by Gasteiger charge is 2.26. The molecule has 1 atom stereocenters. The van der Waals surface area contributed by atoms with Crippen LogP contribution in [-0.4, -0.2) is 21.2 Å². The third-order valence-corrected chi connectivity index (χ3v) is 2.83. The number of aliphatic hydroxyl groups is 1. The van der Waals surface area contributed by atoms with E-state index in [-0.39, 0.29) is 6.54 Å². The Morgan fingerprint density at radius 3 is 2.89 bits per heavy atom. The Kier molecular flexibility index (Phi) is 3.30. The summed E-state index contributed by atoms with van der Waals surface area (Å²) in [7, 11) is 1.52. The molecule has 0 aromatic carbocycles. The van der Waals surface area contributed by atoms with Gasteiger partial charge in [-0.3, -0.25) is 14.3 Å². The van der Waals surface area contributed by atoms with E-state index in [1.807, 2.05) is 0 Å². The lowest BCUT2D eigenvalue weighted by molar-refractivity contribution is 0.0475. The lowest BCUT2D eigenvalue weighted by Crippen LogP contribution is -2.34. The fourth-order valence-electron chi connectivity index (χ4n) is 1.66. The van der Waals surface area contributed by atoms with Gasteiger partial charge in [0.15, 0.2) is 0 Å². The first kappa shape index (κ1) is 13.2. The molecule has 102 valence electrons. The standard InChI is InChI=1S/C12H15N3O4/c1-12(18,8-4-3-5-19-8)7-13-9-6-10(16)14-11(17)15(9)2/h3-6,13,18H,7H2,1-2H3,(H,14,16,17). The van der Waals surface area contributed by atoms with Gasteiger partial charge in [-0.25, -0.2) is 4.79 Å². The minimum Gasteiger partial charge on any atom is -0.466 e. The largest absolute Gasteiger partial charge is 0.466 e. The van der Waals surface area contributed by atoms with Crippen molar-refractivity contribution in [2.24, 2.45) is 7.05 Å². The topological polar surface area (TPSA) is 100 Å². The van der Waals surface area contributed by atoms with Gasteiger partial charge < -0.3 is 14.8 Å². The molecule has 7 nitrogen and oxygen atoms in total. The van der Waals surface area contributed by atoms with Gasteiger partial charge in [0.2, 0.25) is 0 Å². The average molecular weight is 265 g/mol. The fraction of sp³-hybridized carbons (Fsp3) is 0.333. The predicted molar refractivity (Wildman–Crippen MR) is 69.1 cm³/mol. The molecule has 3 N–H and O–H groups in total. The lowest BCUT2D eigenvalue weighted by atomic mass is 10.0. The van der Waals surface area contributed by atoms with Crippen molar-refractivity contribution in [3.05, 3.63) is 51.1 Å². The summed E-state index contributed by atoms with van der Waals surface area (Å²) in [4.78, 5) is 24.8. The van der Waals surface area contributed by atoms with Gasteiger partial charge in [-0.15, -0.1) is 0 Å². The van der Waals surface area contributed by atoms with E-state index in [2.05, 4.69) is 10.3 Å². The highest BCUT2D eigenvalue weighted by molar-refractivity contribution is 5.34. The van der Waals surface area contributed by atoms with Gasteiger partial charge in [0.1, 0.15) is 17.2 Å². The molecule has 0 fully saturated rings. The van der Waals surface area contributed by atoms with Crippen molar-refractivity contribution in [1.82, 2.24) is 9.55 Å². The Morgan fingerprint density at radius 1 is 1.53 bits per heavy atom. The van der Waals surface area contributed by atoms with E-state index in [9.17, 15) is 14.7 Å². The predicted octanol–water partition coefficient (Wildman–Crippen LogP) is -0.0138. The summed E-state index contributed by atoms with van der Waals surface area (Å²) in [5.74, 6) is 0.718. The number of rotatable bonds is 4. The third kappa shape index (κ3) is 2.76. The van der Waals surface area contributed by atoms with Crippen molar-refractivity contribution in [2.45, 2.75) is 12.5 Å². The zero-order chi connectivity index (χ0) is 14.0. The fourth-order valence-corrected chi connectivity index (χ4v) is 1.66. The molecule has 0 radical (unpaired) electrons. The van der Waals surface area contributed by atoms with E-state index in [4.69, 9.17) is 4.42 Å². The monoisotopic (exact) mass is 265 g/mol. The summed E-state index contributed by atoms with van der Waals surface area (Å²) < 4.78 is 6.39. The smallest absolute Gasteiger partial charge is 0.329 e. The Balaban J connectivity index is 2.20. The number of anilines is 1. The molecule has 7 heteroatoms. The molecule has 0 saturated heterocycles. The summed E-state index contributed by atoms with van der Waals surface area (Å²) in [6.07, 6.45) is 1.47. The van der Waals surface area contributed by atoms with E-state index in [1.54, 1.807) is 19.1 Å². The van der Waals surface area contributed by atoms with Crippen molar-refractivity contribution in [2.75, 3.05) is 11.9 Å². The van der Waals surface area contributed by atoms with Gasteiger partial charge in [0.25, 0.3) is 5.56 Å². The van der Waals surface area contributed by atoms with Crippen LogP contribution in [0.2, 0.25) is 0 Å². The van der Waals surface area contributed by atoms with Crippen LogP contribution in [0.4, 0.5) is 5.82 Å². The number of furan rings is 1. The molecule has 0 amide bonds. The number of nitrogens with one attached hydrogen (secondary N) is 2. The summed E-state index contributed by atoms with van der Waals surface area (Å²) in [5, 5.41) is 13.1. The number of aromatic nitrogens is 2. The second-order valence-corrected chi connectivity index (χ2v) is 4.49. The molecule has 0 spiro atoms. The quantitative estimate of drug-likeness (QED) is 0.721. The molecule has 2 aromatic heterocycles. The van der Waals surface area contributed by atoms with Gasteiger partial charge >= 0.3 is 5.69 Å². The molecule has 1 unspecified atom stereocenters. The molecule has 2 rings (SSSR count). The first-order valence-electron chi connectivity index (χ1n) is 5.71. The molecular weight excluding hydrogens is 250 g/mol. The van der Waals surface area contributed by atoms with E-state index < -0.39 is 16.9 Å². The molecule has 0 bridgehead atoms. The minimum absolute atomic E-state index is 0.0945. The zero-order valence-electron chi connectivity index (χ0n) is 10.6. The van der Waals surface area contributed by atoms with Gasteiger partial charge in [0, 0.05) is 13.1 Å². The first-order valence-corrected chi connectivity index (χ1v) is 5.71. The maximum absolute atomic E-state index is 11.4. The molecule has 0 saturated carbocycles. The van der Waals surface area contributed by atoms with Crippen molar-refractivity contribution >= 4 is 5.82 Å². The summed E-state index contributed by atoms with van der Waals surface area (Å²) in [5.41, 5.74) is -2.27. The van der Waals surface area contributed by atoms with Crippen LogP contribution < -0.4 is 16.6 Å². The Morgan fingerprint density at radius 2 is 2.26 bits per heavy atom. The van der Waals surface area contributed by atoms with E-state index >= 15 is 0 Å². The summed E-state index contributed by atoms with van der Waals surface area (Å²) in [6, 6.07) is 4.57. The number of H-pyrrole nitrogens is 1. The van der Waals surface area contributed by atoms with Gasteiger partial charge in [-0.2, -0.15) is 0 Å². The van der Waals surface area contributed by atoms with Crippen LogP contribution in [-0.2, 0) is 12.6 Å². The van der Waals surface area contributed by atoms with Crippen LogP contribution in [0.15, 0.2) is 38.5 Å². The average Bonchev–Trinajstić information content (AvgIpc) is 2.86. The van der Waals surface area contributed by atoms with Crippen LogP contribution in [0, 0.1) is 0 Å². The maximum atomic E-state index is 11.4. The number of aromatic amines is 1. The number of hydrogen-bond acceptors (Lipinski definition) is 5. The van der Waals surface area contributed by atoms with Crippen LogP contribution in [0.25, 0.3) is 0 Å². The normalized spacial score (nSPS) is 14.1.